The number of amides is 1. The lowest BCUT2D eigenvalue weighted by Gasteiger charge is -2.26. The van der Waals surface area contributed by atoms with Crippen LogP contribution in [-0.4, -0.2) is 36.8 Å². The minimum Gasteiger partial charge on any atom is -0.506 e. The molecule has 0 atom stereocenters. The molecule has 1 saturated heterocycles. The zero-order chi connectivity index (χ0) is 19.6. The number of carbonyl (C=O) groups is 1. The van der Waals surface area contributed by atoms with Crippen LogP contribution in [-0.2, 0) is 10.0 Å². The van der Waals surface area contributed by atoms with Crippen molar-refractivity contribution < 1.29 is 18.3 Å². The lowest BCUT2D eigenvalue weighted by Crippen LogP contribution is -2.35. The Hall–Kier alpha value is -1.80. The Labute approximate surface area is 167 Å². The van der Waals surface area contributed by atoms with Crippen LogP contribution >= 0.6 is 23.2 Å². The Bertz CT molecular complexity index is 973. The average Bonchev–Trinajstić information content (AvgIpc) is 2.65. The molecule has 27 heavy (non-hydrogen) atoms. The van der Waals surface area contributed by atoms with Gasteiger partial charge in [-0.05, 0) is 49.2 Å². The van der Waals surface area contributed by atoms with Gasteiger partial charge < -0.3 is 10.4 Å². The van der Waals surface area contributed by atoms with E-state index in [1.54, 1.807) is 0 Å². The second kappa shape index (κ2) is 8.06. The molecule has 0 unspecified atom stereocenters. The van der Waals surface area contributed by atoms with Crippen molar-refractivity contribution in [3.63, 3.8) is 0 Å². The molecule has 144 valence electrons. The molecule has 2 aromatic carbocycles. The van der Waals surface area contributed by atoms with Gasteiger partial charge >= 0.3 is 0 Å². The molecule has 0 aromatic heterocycles. The number of anilines is 1. The summed E-state index contributed by atoms with van der Waals surface area (Å²) < 4.78 is 27.2. The second-order valence-electron chi connectivity index (χ2n) is 6.23. The highest BCUT2D eigenvalue weighted by molar-refractivity contribution is 7.89. The van der Waals surface area contributed by atoms with Crippen LogP contribution in [0.4, 0.5) is 5.69 Å². The lowest BCUT2D eigenvalue weighted by molar-refractivity contribution is 0.102. The quantitative estimate of drug-likeness (QED) is 0.716. The molecular formula is C18H18Cl2N2O4S. The molecule has 6 nitrogen and oxygen atoms in total. The summed E-state index contributed by atoms with van der Waals surface area (Å²) in [5, 5.41) is 12.2. The van der Waals surface area contributed by atoms with Gasteiger partial charge in [0.15, 0.2) is 0 Å². The summed E-state index contributed by atoms with van der Waals surface area (Å²) in [5.41, 5.74) is 0.525. The maximum absolute atomic E-state index is 12.9. The Morgan fingerprint density at radius 3 is 2.37 bits per heavy atom. The minimum absolute atomic E-state index is 0.0739. The number of rotatable bonds is 4. The lowest BCUT2D eigenvalue weighted by atomic mass is 10.2. The maximum atomic E-state index is 12.9. The number of hydrogen-bond acceptors (Lipinski definition) is 4. The summed E-state index contributed by atoms with van der Waals surface area (Å²) in [4.78, 5) is 12.4. The number of aromatic hydroxyl groups is 1. The third kappa shape index (κ3) is 4.38. The van der Waals surface area contributed by atoms with Crippen molar-refractivity contribution in [2.24, 2.45) is 0 Å². The standard InChI is InChI=1S/C18H18Cl2N2O4S/c19-14-6-4-12(18(24)21-13-5-7-16(23)15(20)11-13)10-17(14)27(25,26)22-8-2-1-3-9-22/h4-7,10-11,23H,1-3,8-9H2,(H,21,24). The summed E-state index contributed by atoms with van der Waals surface area (Å²) >= 11 is 12.0. The summed E-state index contributed by atoms with van der Waals surface area (Å²) in [6.07, 6.45) is 2.61. The van der Waals surface area contributed by atoms with E-state index >= 15 is 0 Å². The van der Waals surface area contributed by atoms with Gasteiger partial charge in [-0.2, -0.15) is 4.31 Å². The molecule has 1 heterocycles. The van der Waals surface area contributed by atoms with Crippen LogP contribution in [0.15, 0.2) is 41.3 Å². The van der Waals surface area contributed by atoms with Crippen LogP contribution in [0.25, 0.3) is 0 Å². The Kier molecular flexibility index (Phi) is 5.95. The van der Waals surface area contributed by atoms with Crippen molar-refractivity contribution >= 4 is 44.8 Å². The zero-order valence-corrected chi connectivity index (χ0v) is 16.6. The first-order chi connectivity index (χ1) is 12.8. The smallest absolute Gasteiger partial charge is 0.255 e. The number of nitrogens with zero attached hydrogens (tertiary/aromatic N) is 1. The van der Waals surface area contributed by atoms with Crippen molar-refractivity contribution in [3.8, 4) is 5.75 Å². The summed E-state index contributed by atoms with van der Waals surface area (Å²) in [6.45, 7) is 0.891. The van der Waals surface area contributed by atoms with Crippen LogP contribution in [0.5, 0.6) is 5.75 Å². The van der Waals surface area contributed by atoms with E-state index in [1.807, 2.05) is 0 Å². The third-order valence-corrected chi connectivity index (χ3v) is 7.01. The molecule has 1 aliphatic rings. The molecule has 9 heteroatoms. The fourth-order valence-corrected chi connectivity index (χ4v) is 5.07. The van der Waals surface area contributed by atoms with Crippen molar-refractivity contribution in [2.75, 3.05) is 18.4 Å². The van der Waals surface area contributed by atoms with E-state index < -0.39 is 15.9 Å². The number of benzene rings is 2. The Morgan fingerprint density at radius 1 is 1.00 bits per heavy atom. The van der Waals surface area contributed by atoms with Crippen molar-refractivity contribution in [3.05, 3.63) is 52.0 Å². The van der Waals surface area contributed by atoms with Gasteiger partial charge in [0.25, 0.3) is 5.91 Å². The largest absolute Gasteiger partial charge is 0.506 e. The predicted molar refractivity (Wildman–Crippen MR) is 105 cm³/mol. The molecular weight excluding hydrogens is 411 g/mol. The van der Waals surface area contributed by atoms with Crippen LogP contribution < -0.4 is 5.32 Å². The number of phenolic OH excluding ortho intramolecular Hbond substituents is 1. The van der Waals surface area contributed by atoms with E-state index in [2.05, 4.69) is 5.32 Å². The first kappa shape index (κ1) is 19.9. The molecule has 0 spiro atoms. The van der Waals surface area contributed by atoms with Crippen LogP contribution in [0.1, 0.15) is 29.6 Å². The summed E-state index contributed by atoms with van der Waals surface area (Å²) in [5.74, 6) is -0.611. The first-order valence-corrected chi connectivity index (χ1v) is 10.6. The Balaban J connectivity index is 1.88. The average molecular weight is 429 g/mol. The molecule has 2 N–H and O–H groups in total. The van der Waals surface area contributed by atoms with Gasteiger partial charge in [-0.25, -0.2) is 8.42 Å². The fraction of sp³-hybridized carbons (Fsp3) is 0.278. The highest BCUT2D eigenvalue weighted by Gasteiger charge is 2.28. The van der Waals surface area contributed by atoms with E-state index in [0.29, 0.717) is 18.8 Å². The second-order valence-corrected chi connectivity index (χ2v) is 8.95. The van der Waals surface area contributed by atoms with Crippen LogP contribution in [0, 0.1) is 0 Å². The molecule has 1 fully saturated rings. The maximum Gasteiger partial charge on any atom is 0.255 e. The number of piperidine rings is 1. The van der Waals surface area contributed by atoms with E-state index in [1.165, 1.54) is 40.7 Å². The molecule has 0 bridgehead atoms. The van der Waals surface area contributed by atoms with Gasteiger partial charge in [0.1, 0.15) is 10.6 Å². The van der Waals surface area contributed by atoms with Gasteiger partial charge in [0.2, 0.25) is 10.0 Å². The van der Waals surface area contributed by atoms with Gasteiger partial charge in [0, 0.05) is 24.3 Å². The number of hydrogen-bond donors (Lipinski definition) is 2. The molecule has 2 aromatic rings. The molecule has 1 amide bonds. The van der Waals surface area contributed by atoms with E-state index in [4.69, 9.17) is 23.2 Å². The number of halogens is 2. The Morgan fingerprint density at radius 2 is 1.70 bits per heavy atom. The molecule has 0 radical (unpaired) electrons. The monoisotopic (exact) mass is 428 g/mol. The SMILES string of the molecule is O=C(Nc1ccc(O)c(Cl)c1)c1ccc(Cl)c(S(=O)(=O)N2CCCCC2)c1. The summed E-state index contributed by atoms with van der Waals surface area (Å²) in [6, 6.07) is 8.37. The third-order valence-electron chi connectivity index (χ3n) is 4.33. The van der Waals surface area contributed by atoms with Crippen molar-refractivity contribution in [2.45, 2.75) is 24.2 Å². The first-order valence-electron chi connectivity index (χ1n) is 8.38. The molecule has 0 saturated carbocycles. The topological polar surface area (TPSA) is 86.7 Å². The van der Waals surface area contributed by atoms with Crippen LogP contribution in [0.3, 0.4) is 0 Å². The normalized spacial score (nSPS) is 15.5. The van der Waals surface area contributed by atoms with Gasteiger partial charge in [-0.1, -0.05) is 29.6 Å². The van der Waals surface area contributed by atoms with Crippen molar-refractivity contribution in [1.29, 1.82) is 0 Å². The van der Waals surface area contributed by atoms with E-state index in [0.717, 1.165) is 19.3 Å². The molecule has 0 aliphatic carbocycles. The van der Waals surface area contributed by atoms with Gasteiger partial charge in [-0.15, -0.1) is 0 Å². The zero-order valence-electron chi connectivity index (χ0n) is 14.3. The van der Waals surface area contributed by atoms with Crippen LogP contribution in [0.2, 0.25) is 10.0 Å². The highest BCUT2D eigenvalue weighted by atomic mass is 35.5. The van der Waals surface area contributed by atoms with Gasteiger partial charge in [0.05, 0.1) is 10.0 Å². The van der Waals surface area contributed by atoms with Gasteiger partial charge in [-0.3, -0.25) is 4.79 Å². The summed E-state index contributed by atoms with van der Waals surface area (Å²) in [7, 11) is -3.77. The van der Waals surface area contributed by atoms with E-state index in [-0.39, 0.29) is 26.3 Å². The fourth-order valence-electron chi connectivity index (χ4n) is 2.87. The minimum atomic E-state index is -3.77. The van der Waals surface area contributed by atoms with E-state index in [9.17, 15) is 18.3 Å². The number of sulfonamides is 1. The number of carbonyl (C=O) groups excluding carboxylic acids is 1. The molecule has 1 aliphatic heterocycles. The highest BCUT2D eigenvalue weighted by Crippen LogP contribution is 2.29. The number of phenols is 1. The predicted octanol–water partition coefficient (Wildman–Crippen LogP) is 4.13. The molecule has 3 rings (SSSR count). The van der Waals surface area contributed by atoms with Crippen molar-refractivity contribution in [1.82, 2.24) is 4.31 Å². The number of nitrogens with one attached hydrogen (secondary N) is 1.